The van der Waals surface area contributed by atoms with Gasteiger partial charge in [0.15, 0.2) is 0 Å². The van der Waals surface area contributed by atoms with Crippen LogP contribution in [0.15, 0.2) is 109 Å². The van der Waals surface area contributed by atoms with Gasteiger partial charge in [-0.15, -0.1) is 0 Å². The maximum atomic E-state index is 6.20. The molecule has 0 unspecified atom stereocenters. The van der Waals surface area contributed by atoms with Gasteiger partial charge in [-0.2, -0.15) is 0 Å². The third-order valence-electron chi connectivity index (χ3n) is 5.57. The number of benzene rings is 5. The van der Waals surface area contributed by atoms with Crippen molar-refractivity contribution in [2.45, 2.75) is 6.92 Å². The Morgan fingerprint density at radius 1 is 0.548 bits per heavy atom. The molecule has 2 heteroatoms. The predicted octanol–water partition coefficient (Wildman–Crippen LogP) is 6.79. The number of halogens is 1. The van der Waals surface area contributed by atoms with Crippen LogP contribution < -0.4 is 8.92 Å². The minimum atomic E-state index is 0.182. The fraction of sp³-hybridized carbons (Fsp3) is 0.0345. The third kappa shape index (κ3) is 3.93. The SMILES string of the molecule is Cc1c([Se]c2ccccc2)c(-c2ccccc2)c2ccccc2c1-c1ccc(Cl)cc1. The van der Waals surface area contributed by atoms with Gasteiger partial charge >= 0.3 is 195 Å². The van der Waals surface area contributed by atoms with Crippen LogP contribution in [0.25, 0.3) is 33.0 Å². The summed E-state index contributed by atoms with van der Waals surface area (Å²) in [5.41, 5.74) is 6.50. The van der Waals surface area contributed by atoms with E-state index in [4.69, 9.17) is 11.6 Å². The summed E-state index contributed by atoms with van der Waals surface area (Å²) in [6.07, 6.45) is 0. The van der Waals surface area contributed by atoms with Gasteiger partial charge in [-0.3, -0.25) is 0 Å². The molecule has 5 aromatic rings. The van der Waals surface area contributed by atoms with Crippen molar-refractivity contribution in [3.63, 3.8) is 0 Å². The molecule has 31 heavy (non-hydrogen) atoms. The first-order valence-corrected chi connectivity index (χ1v) is 12.4. The van der Waals surface area contributed by atoms with Crippen molar-refractivity contribution < 1.29 is 0 Å². The van der Waals surface area contributed by atoms with Crippen LogP contribution in [0.2, 0.25) is 5.02 Å². The van der Waals surface area contributed by atoms with Gasteiger partial charge in [-0.1, -0.05) is 0 Å². The first-order valence-electron chi connectivity index (χ1n) is 10.3. The molecular formula is C29H21ClSe. The molecule has 0 amide bonds. The molecule has 0 saturated carbocycles. The molecule has 0 saturated heterocycles. The summed E-state index contributed by atoms with van der Waals surface area (Å²) in [6, 6.07) is 38.7. The van der Waals surface area contributed by atoms with Gasteiger partial charge in [0.2, 0.25) is 0 Å². The number of rotatable bonds is 4. The van der Waals surface area contributed by atoms with Crippen molar-refractivity contribution in [1.82, 2.24) is 0 Å². The Labute approximate surface area is 194 Å². The van der Waals surface area contributed by atoms with E-state index >= 15 is 0 Å². The summed E-state index contributed by atoms with van der Waals surface area (Å²) in [7, 11) is 0. The molecule has 0 aliphatic rings. The zero-order valence-corrected chi connectivity index (χ0v) is 19.6. The van der Waals surface area contributed by atoms with Gasteiger partial charge in [-0.25, -0.2) is 0 Å². The van der Waals surface area contributed by atoms with Crippen molar-refractivity contribution in [3.8, 4) is 22.3 Å². The number of hydrogen-bond acceptors (Lipinski definition) is 0. The molecule has 150 valence electrons. The average molecular weight is 484 g/mol. The first kappa shape index (κ1) is 20.1. The maximum absolute atomic E-state index is 6.20. The van der Waals surface area contributed by atoms with Gasteiger partial charge < -0.3 is 0 Å². The molecule has 0 aromatic heterocycles. The third-order valence-corrected chi connectivity index (χ3v) is 8.38. The van der Waals surface area contributed by atoms with Crippen LogP contribution in [0.5, 0.6) is 0 Å². The molecule has 0 fully saturated rings. The summed E-state index contributed by atoms with van der Waals surface area (Å²) < 4.78 is 2.82. The van der Waals surface area contributed by atoms with E-state index in [1.165, 1.54) is 47.5 Å². The monoisotopic (exact) mass is 484 g/mol. The molecule has 0 atom stereocenters. The minimum absolute atomic E-state index is 0.182. The second kappa shape index (κ2) is 8.73. The van der Waals surface area contributed by atoms with Crippen molar-refractivity contribution in [3.05, 3.63) is 120 Å². The molecule has 0 heterocycles. The van der Waals surface area contributed by atoms with Crippen LogP contribution in [-0.4, -0.2) is 15.0 Å². The van der Waals surface area contributed by atoms with Crippen molar-refractivity contribution in [2.75, 3.05) is 0 Å². The average Bonchev–Trinajstić information content (AvgIpc) is 2.82. The van der Waals surface area contributed by atoms with E-state index < -0.39 is 0 Å². The van der Waals surface area contributed by atoms with E-state index in [2.05, 4.69) is 104 Å². The van der Waals surface area contributed by atoms with Crippen LogP contribution in [0, 0.1) is 6.92 Å². The second-order valence-electron chi connectivity index (χ2n) is 7.54. The summed E-state index contributed by atoms with van der Waals surface area (Å²) in [4.78, 5) is 0. The van der Waals surface area contributed by atoms with Crippen LogP contribution in [0.4, 0.5) is 0 Å². The summed E-state index contributed by atoms with van der Waals surface area (Å²) in [6.45, 7) is 2.28. The van der Waals surface area contributed by atoms with E-state index in [-0.39, 0.29) is 15.0 Å². The molecule has 0 radical (unpaired) electrons. The zero-order chi connectivity index (χ0) is 21.2. The Kier molecular flexibility index (Phi) is 5.66. The molecule has 0 aliphatic heterocycles. The fourth-order valence-electron chi connectivity index (χ4n) is 4.16. The summed E-state index contributed by atoms with van der Waals surface area (Å²) in [5.74, 6) is 0. The summed E-state index contributed by atoms with van der Waals surface area (Å²) >= 11 is 6.39. The van der Waals surface area contributed by atoms with Crippen molar-refractivity contribution in [1.29, 1.82) is 0 Å². The van der Waals surface area contributed by atoms with Gasteiger partial charge in [0.05, 0.1) is 0 Å². The quantitative estimate of drug-likeness (QED) is 0.247. The number of hydrogen-bond donors (Lipinski definition) is 0. The Morgan fingerprint density at radius 2 is 1.06 bits per heavy atom. The van der Waals surface area contributed by atoms with Crippen LogP contribution in [-0.2, 0) is 0 Å². The first-order chi connectivity index (χ1) is 15.2. The Hall–Kier alpha value is -2.83. The molecule has 0 bridgehead atoms. The van der Waals surface area contributed by atoms with E-state index in [0.717, 1.165) is 5.02 Å². The van der Waals surface area contributed by atoms with Crippen LogP contribution in [0.1, 0.15) is 5.56 Å². The van der Waals surface area contributed by atoms with Gasteiger partial charge in [0.25, 0.3) is 0 Å². The van der Waals surface area contributed by atoms with Gasteiger partial charge in [-0.05, 0) is 0 Å². The van der Waals surface area contributed by atoms with Crippen molar-refractivity contribution in [2.24, 2.45) is 0 Å². The molecule has 0 nitrogen and oxygen atoms in total. The molecule has 5 aromatic carbocycles. The molecule has 5 rings (SSSR count). The summed E-state index contributed by atoms with van der Waals surface area (Å²) in [5, 5.41) is 3.35. The molecule has 0 aliphatic carbocycles. The molecule has 0 spiro atoms. The Morgan fingerprint density at radius 3 is 1.71 bits per heavy atom. The second-order valence-corrected chi connectivity index (χ2v) is 10.2. The van der Waals surface area contributed by atoms with E-state index in [9.17, 15) is 0 Å². The standard InChI is InChI=1S/C29H21ClSe/c1-20-27(22-16-18-23(30)19-17-22)25-14-8-9-15-26(25)28(21-10-4-2-5-11-21)29(20)31-24-12-6-3-7-13-24/h2-19H,1H3. The van der Waals surface area contributed by atoms with Crippen molar-refractivity contribution >= 4 is 46.3 Å². The van der Waals surface area contributed by atoms with E-state index in [1.54, 1.807) is 0 Å². The molecule has 0 N–H and O–H groups in total. The van der Waals surface area contributed by atoms with Gasteiger partial charge in [0.1, 0.15) is 0 Å². The fourth-order valence-corrected chi connectivity index (χ4v) is 6.62. The Balaban J connectivity index is 1.87. The van der Waals surface area contributed by atoms with E-state index in [1.807, 2.05) is 12.1 Å². The van der Waals surface area contributed by atoms with E-state index in [0.29, 0.717) is 0 Å². The van der Waals surface area contributed by atoms with Gasteiger partial charge in [0, 0.05) is 0 Å². The van der Waals surface area contributed by atoms with Crippen LogP contribution in [0.3, 0.4) is 0 Å². The zero-order valence-electron chi connectivity index (χ0n) is 17.2. The topological polar surface area (TPSA) is 0 Å². The molecular weight excluding hydrogens is 463 g/mol. The number of fused-ring (bicyclic) bond motifs is 1. The normalized spacial score (nSPS) is 11.0. The van der Waals surface area contributed by atoms with Crippen LogP contribution >= 0.6 is 11.6 Å². The Bertz CT molecular complexity index is 1340. The predicted molar refractivity (Wildman–Crippen MR) is 136 cm³/mol.